The van der Waals surface area contributed by atoms with E-state index in [4.69, 9.17) is 33.2 Å². The zero-order chi connectivity index (χ0) is 18.2. The highest BCUT2D eigenvalue weighted by molar-refractivity contribution is 6.39. The molecule has 0 aliphatic rings. The molecule has 0 bridgehead atoms. The number of rotatable bonds is 6. The topological polar surface area (TPSA) is 70.4 Å². The van der Waals surface area contributed by atoms with Crippen LogP contribution in [0.5, 0.6) is 0 Å². The fourth-order valence-corrected chi connectivity index (χ4v) is 2.69. The molecule has 0 saturated carbocycles. The zero-order valence-corrected chi connectivity index (χ0v) is 14.6. The highest BCUT2D eigenvalue weighted by atomic mass is 35.5. The number of hydrogen-bond donors (Lipinski definition) is 0. The fraction of sp³-hybridized carbons (Fsp3) is 0.167. The number of amides is 1. The standard InChI is InChI=1S/C18H14Cl2N2O3/c19-14-8-4-9-15(20)17(14)18(24)25-12-16(23)22(11-5-10-21)13-6-2-1-3-7-13/h1-4,6-9H,5,11-12H2. The second kappa shape index (κ2) is 9.07. The first-order valence-electron chi connectivity index (χ1n) is 7.38. The Bertz CT molecular complexity index is 783. The highest BCUT2D eigenvalue weighted by Gasteiger charge is 2.20. The van der Waals surface area contributed by atoms with Crippen LogP contribution in [0, 0.1) is 11.3 Å². The van der Waals surface area contributed by atoms with Crippen molar-refractivity contribution in [1.29, 1.82) is 5.26 Å². The predicted molar refractivity (Wildman–Crippen MR) is 95.8 cm³/mol. The van der Waals surface area contributed by atoms with E-state index in [0.717, 1.165) is 0 Å². The first-order valence-corrected chi connectivity index (χ1v) is 8.13. The third kappa shape index (κ3) is 4.96. The molecule has 0 saturated heterocycles. The Balaban J connectivity index is 2.08. The number of benzene rings is 2. The number of para-hydroxylation sites is 1. The molecule has 1 amide bonds. The summed E-state index contributed by atoms with van der Waals surface area (Å²) in [7, 11) is 0. The molecule has 25 heavy (non-hydrogen) atoms. The molecule has 0 aromatic heterocycles. The van der Waals surface area contributed by atoms with Gasteiger partial charge in [0.25, 0.3) is 5.91 Å². The van der Waals surface area contributed by atoms with Gasteiger partial charge in [0.15, 0.2) is 6.61 Å². The van der Waals surface area contributed by atoms with Gasteiger partial charge in [-0.05, 0) is 24.3 Å². The number of carbonyl (C=O) groups excluding carboxylic acids is 2. The van der Waals surface area contributed by atoms with Crippen LogP contribution in [0.1, 0.15) is 16.8 Å². The van der Waals surface area contributed by atoms with Crippen molar-refractivity contribution >= 4 is 40.8 Å². The van der Waals surface area contributed by atoms with Gasteiger partial charge in [-0.25, -0.2) is 4.79 Å². The summed E-state index contributed by atoms with van der Waals surface area (Å²) < 4.78 is 5.05. The molecular formula is C18H14Cl2N2O3. The highest BCUT2D eigenvalue weighted by Crippen LogP contribution is 2.25. The quantitative estimate of drug-likeness (QED) is 0.711. The van der Waals surface area contributed by atoms with Gasteiger partial charge in [0, 0.05) is 12.2 Å². The second-order valence-electron chi connectivity index (χ2n) is 4.96. The van der Waals surface area contributed by atoms with E-state index in [0.29, 0.717) is 5.69 Å². The van der Waals surface area contributed by atoms with Gasteiger partial charge >= 0.3 is 5.97 Å². The SMILES string of the molecule is N#CCCN(C(=O)COC(=O)c1c(Cl)cccc1Cl)c1ccccc1. The van der Waals surface area contributed by atoms with Gasteiger partial charge in [-0.1, -0.05) is 47.5 Å². The van der Waals surface area contributed by atoms with E-state index in [1.807, 2.05) is 12.1 Å². The van der Waals surface area contributed by atoms with Crippen LogP contribution >= 0.6 is 23.2 Å². The van der Waals surface area contributed by atoms with Crippen molar-refractivity contribution in [3.8, 4) is 6.07 Å². The van der Waals surface area contributed by atoms with Crippen LogP contribution in [0.25, 0.3) is 0 Å². The molecule has 0 fully saturated rings. The van der Waals surface area contributed by atoms with Crippen molar-refractivity contribution in [2.24, 2.45) is 0 Å². The smallest absolute Gasteiger partial charge is 0.341 e. The van der Waals surface area contributed by atoms with Crippen LogP contribution in [-0.2, 0) is 9.53 Å². The first kappa shape index (κ1) is 18.8. The summed E-state index contributed by atoms with van der Waals surface area (Å²) in [4.78, 5) is 26.0. The van der Waals surface area contributed by atoms with Crippen molar-refractivity contribution in [3.63, 3.8) is 0 Å². The predicted octanol–water partition coefficient (Wildman–Crippen LogP) is 4.10. The second-order valence-corrected chi connectivity index (χ2v) is 5.78. The maximum atomic E-state index is 12.4. The van der Waals surface area contributed by atoms with E-state index in [1.54, 1.807) is 30.3 Å². The van der Waals surface area contributed by atoms with E-state index in [-0.39, 0.29) is 28.6 Å². The fourth-order valence-electron chi connectivity index (χ4n) is 2.14. The zero-order valence-electron chi connectivity index (χ0n) is 13.1. The van der Waals surface area contributed by atoms with Crippen molar-refractivity contribution < 1.29 is 14.3 Å². The molecule has 0 radical (unpaired) electrons. The summed E-state index contributed by atoms with van der Waals surface area (Å²) in [5.41, 5.74) is 0.636. The lowest BCUT2D eigenvalue weighted by Crippen LogP contribution is -2.35. The molecule has 0 aliphatic heterocycles. The van der Waals surface area contributed by atoms with Crippen molar-refractivity contribution in [2.45, 2.75) is 6.42 Å². The largest absolute Gasteiger partial charge is 0.452 e. The Labute approximate surface area is 155 Å². The molecule has 2 aromatic carbocycles. The number of ether oxygens (including phenoxy) is 1. The van der Waals surface area contributed by atoms with Gasteiger partial charge in [0.05, 0.1) is 28.1 Å². The summed E-state index contributed by atoms with van der Waals surface area (Å²) >= 11 is 11.9. The molecule has 0 heterocycles. The third-order valence-corrected chi connectivity index (χ3v) is 3.94. The van der Waals surface area contributed by atoms with Gasteiger partial charge in [0.1, 0.15) is 0 Å². The lowest BCUT2D eigenvalue weighted by Gasteiger charge is -2.21. The van der Waals surface area contributed by atoms with Crippen LogP contribution < -0.4 is 4.90 Å². The molecule has 0 unspecified atom stereocenters. The van der Waals surface area contributed by atoms with E-state index < -0.39 is 18.5 Å². The molecule has 2 aromatic rings. The maximum absolute atomic E-state index is 12.4. The van der Waals surface area contributed by atoms with Gasteiger partial charge in [-0.3, -0.25) is 4.79 Å². The molecule has 2 rings (SSSR count). The van der Waals surface area contributed by atoms with Crippen LogP contribution in [0.3, 0.4) is 0 Å². The summed E-state index contributed by atoms with van der Waals surface area (Å²) in [5, 5.41) is 9.06. The summed E-state index contributed by atoms with van der Waals surface area (Å²) in [6.45, 7) is -0.287. The minimum atomic E-state index is -0.780. The first-order chi connectivity index (χ1) is 12.0. The molecule has 0 N–H and O–H groups in total. The molecule has 0 spiro atoms. The lowest BCUT2D eigenvalue weighted by atomic mass is 10.2. The van der Waals surface area contributed by atoms with E-state index in [9.17, 15) is 9.59 Å². The average Bonchev–Trinajstić information content (AvgIpc) is 2.61. The molecule has 0 atom stereocenters. The minimum Gasteiger partial charge on any atom is -0.452 e. The normalized spacial score (nSPS) is 9.96. The van der Waals surface area contributed by atoms with Crippen molar-refractivity contribution in [3.05, 3.63) is 64.1 Å². The molecule has 128 valence electrons. The number of hydrogen-bond acceptors (Lipinski definition) is 4. The molecule has 0 aliphatic carbocycles. The Morgan fingerprint density at radius 3 is 2.28 bits per heavy atom. The summed E-state index contributed by atoms with van der Waals surface area (Å²) in [6.07, 6.45) is 0.158. The minimum absolute atomic E-state index is 0.0157. The van der Waals surface area contributed by atoms with Crippen LogP contribution in [0.15, 0.2) is 48.5 Å². The molecule has 5 nitrogen and oxygen atoms in total. The Hall–Kier alpha value is -2.55. The summed E-state index contributed by atoms with van der Waals surface area (Å²) in [5.74, 6) is -1.23. The lowest BCUT2D eigenvalue weighted by molar-refractivity contribution is -0.121. The van der Waals surface area contributed by atoms with Gasteiger partial charge in [-0.2, -0.15) is 5.26 Å². The Morgan fingerprint density at radius 1 is 1.04 bits per heavy atom. The number of carbonyl (C=O) groups is 2. The van der Waals surface area contributed by atoms with E-state index >= 15 is 0 Å². The van der Waals surface area contributed by atoms with Gasteiger partial charge in [0.2, 0.25) is 0 Å². The van der Waals surface area contributed by atoms with Crippen molar-refractivity contribution in [1.82, 2.24) is 0 Å². The van der Waals surface area contributed by atoms with Crippen LogP contribution in [0.4, 0.5) is 5.69 Å². The number of nitriles is 1. The monoisotopic (exact) mass is 376 g/mol. The maximum Gasteiger partial charge on any atom is 0.341 e. The Morgan fingerprint density at radius 2 is 1.68 bits per heavy atom. The number of halogens is 2. The van der Waals surface area contributed by atoms with Gasteiger partial charge < -0.3 is 9.64 Å². The van der Waals surface area contributed by atoms with E-state index in [2.05, 4.69) is 0 Å². The van der Waals surface area contributed by atoms with Crippen LogP contribution in [-0.4, -0.2) is 25.0 Å². The van der Waals surface area contributed by atoms with E-state index in [1.165, 1.54) is 17.0 Å². The molecule has 7 heteroatoms. The number of anilines is 1. The Kier molecular flexibility index (Phi) is 6.81. The van der Waals surface area contributed by atoms with Crippen molar-refractivity contribution in [2.75, 3.05) is 18.1 Å². The van der Waals surface area contributed by atoms with Crippen LogP contribution in [0.2, 0.25) is 10.0 Å². The van der Waals surface area contributed by atoms with Gasteiger partial charge in [-0.15, -0.1) is 0 Å². The average molecular weight is 377 g/mol. The number of esters is 1. The summed E-state index contributed by atoms with van der Waals surface area (Å²) in [6, 6.07) is 15.5. The molecular weight excluding hydrogens is 363 g/mol. The third-order valence-electron chi connectivity index (χ3n) is 3.31. The number of nitrogens with zero attached hydrogens (tertiary/aromatic N) is 2.